The summed E-state index contributed by atoms with van der Waals surface area (Å²) in [4.78, 5) is 42.0. The third-order valence-electron chi connectivity index (χ3n) is 3.83. The normalized spacial score (nSPS) is 11.3. The summed E-state index contributed by atoms with van der Waals surface area (Å²) in [7, 11) is 0. The van der Waals surface area contributed by atoms with Crippen molar-refractivity contribution in [3.8, 4) is 0 Å². The molecule has 0 bridgehead atoms. The fraction of sp³-hybridized carbons (Fsp3) is 0.389. The molecule has 0 saturated carbocycles. The molecule has 0 radical (unpaired) electrons. The van der Waals surface area contributed by atoms with E-state index in [0.717, 1.165) is 4.88 Å². The van der Waals surface area contributed by atoms with E-state index in [4.69, 9.17) is 17.3 Å². The average Bonchev–Trinajstić information content (AvgIpc) is 2.96. The van der Waals surface area contributed by atoms with Gasteiger partial charge in [0.1, 0.15) is 11.4 Å². The Labute approximate surface area is 166 Å². The molecule has 0 aliphatic rings. The molecule has 3 N–H and O–H groups in total. The molecule has 0 saturated heterocycles. The van der Waals surface area contributed by atoms with Crippen molar-refractivity contribution >= 4 is 34.5 Å². The smallest absolute Gasteiger partial charge is 0.329 e. The molecule has 0 aromatic carbocycles. The quantitative estimate of drug-likeness (QED) is 0.488. The number of carbonyl (C=O) groups is 1. The van der Waals surface area contributed by atoms with E-state index >= 15 is 0 Å². The molecule has 0 unspecified atom stereocenters. The first kappa shape index (κ1) is 21.1. The lowest BCUT2D eigenvalue weighted by molar-refractivity contribution is 0.0933. The van der Waals surface area contributed by atoms with Crippen molar-refractivity contribution in [2.24, 2.45) is 5.92 Å². The minimum absolute atomic E-state index is 0.0330. The fourth-order valence-electron chi connectivity index (χ4n) is 2.71. The van der Waals surface area contributed by atoms with Crippen LogP contribution in [0.15, 0.2) is 34.4 Å². The van der Waals surface area contributed by atoms with Crippen LogP contribution in [0.25, 0.3) is 0 Å². The number of halogens is 1. The number of thiophene rings is 1. The van der Waals surface area contributed by atoms with Crippen LogP contribution in [-0.2, 0) is 13.1 Å². The molecule has 2 aromatic rings. The van der Waals surface area contributed by atoms with Gasteiger partial charge in [0, 0.05) is 24.5 Å². The zero-order valence-electron chi connectivity index (χ0n) is 15.3. The number of carbonyl (C=O) groups excluding carboxylic acids is 1. The van der Waals surface area contributed by atoms with Gasteiger partial charge in [-0.1, -0.05) is 31.5 Å². The van der Waals surface area contributed by atoms with Gasteiger partial charge in [-0.3, -0.25) is 24.0 Å². The lowest BCUT2D eigenvalue weighted by Crippen LogP contribution is -2.39. The van der Waals surface area contributed by atoms with Crippen molar-refractivity contribution in [2.75, 3.05) is 18.8 Å². The van der Waals surface area contributed by atoms with Gasteiger partial charge in [0.2, 0.25) is 0 Å². The van der Waals surface area contributed by atoms with E-state index in [1.807, 2.05) is 24.8 Å². The number of hydrogen-bond acceptors (Lipinski definition) is 6. The number of nitrogens with two attached hydrogens (primary N) is 1. The molecule has 0 amide bonds. The van der Waals surface area contributed by atoms with E-state index < -0.39 is 17.0 Å². The third-order valence-corrected chi connectivity index (χ3v) is 5.04. The van der Waals surface area contributed by atoms with Crippen LogP contribution in [0.3, 0.4) is 0 Å². The fourth-order valence-corrected chi connectivity index (χ4v) is 3.84. The van der Waals surface area contributed by atoms with E-state index in [1.165, 1.54) is 15.9 Å². The largest absolute Gasteiger partial charge is 0.384 e. The van der Waals surface area contributed by atoms with Gasteiger partial charge in [0.15, 0.2) is 5.78 Å². The van der Waals surface area contributed by atoms with Crippen LogP contribution in [0, 0.1) is 5.92 Å². The Hall–Kier alpha value is -2.16. The summed E-state index contributed by atoms with van der Waals surface area (Å²) in [6, 6.07) is 3.68. The van der Waals surface area contributed by atoms with Crippen LogP contribution < -0.4 is 17.0 Å². The number of rotatable bonds is 9. The second-order valence-corrected chi connectivity index (χ2v) is 8.41. The summed E-state index contributed by atoms with van der Waals surface area (Å²) in [5.74, 6) is -0.421. The van der Waals surface area contributed by atoms with Crippen LogP contribution in [0.2, 0.25) is 4.34 Å². The second kappa shape index (κ2) is 9.16. The molecule has 0 spiro atoms. The maximum absolute atomic E-state index is 12.8. The molecule has 2 heterocycles. The van der Waals surface area contributed by atoms with Gasteiger partial charge in [-0.05, 0) is 18.1 Å². The summed E-state index contributed by atoms with van der Waals surface area (Å²) in [6.07, 6.45) is 1.68. The zero-order valence-corrected chi connectivity index (χ0v) is 16.9. The number of anilines is 1. The predicted octanol–water partition coefficient (Wildman–Crippen LogP) is 2.36. The molecule has 0 fully saturated rings. The van der Waals surface area contributed by atoms with Gasteiger partial charge >= 0.3 is 5.69 Å². The molecule has 2 aromatic heterocycles. The lowest BCUT2D eigenvalue weighted by atomic mass is 10.1. The number of nitrogen functional groups attached to an aromatic ring is 1. The van der Waals surface area contributed by atoms with Gasteiger partial charge < -0.3 is 5.73 Å². The zero-order chi connectivity index (χ0) is 20.1. The Morgan fingerprint density at radius 3 is 2.70 bits per heavy atom. The van der Waals surface area contributed by atoms with Gasteiger partial charge in [-0.25, -0.2) is 4.79 Å². The molecule has 27 heavy (non-hydrogen) atoms. The number of H-pyrrole nitrogens is 1. The minimum atomic E-state index is -0.764. The van der Waals surface area contributed by atoms with Gasteiger partial charge in [0.05, 0.1) is 10.9 Å². The van der Waals surface area contributed by atoms with Crippen molar-refractivity contribution in [1.29, 1.82) is 0 Å². The summed E-state index contributed by atoms with van der Waals surface area (Å²) in [5.41, 5.74) is 4.45. The Morgan fingerprint density at radius 2 is 2.15 bits per heavy atom. The molecule has 2 rings (SSSR count). The highest BCUT2D eigenvalue weighted by molar-refractivity contribution is 7.16. The van der Waals surface area contributed by atoms with E-state index in [-0.39, 0.29) is 23.8 Å². The monoisotopic (exact) mass is 410 g/mol. The lowest BCUT2D eigenvalue weighted by Gasteiger charge is -2.20. The average molecular weight is 411 g/mol. The number of hydrogen-bond donors (Lipinski definition) is 2. The van der Waals surface area contributed by atoms with Crippen LogP contribution in [0.4, 0.5) is 5.82 Å². The first-order chi connectivity index (χ1) is 12.7. The van der Waals surface area contributed by atoms with Crippen LogP contribution >= 0.6 is 22.9 Å². The standard InChI is InChI=1S/C18H23ClN4O3S/c1-4-7-22(9-12-5-6-14(19)27-12)10-13(24)15-16(20)23(8-11(2)3)18(26)21-17(15)25/h4-6,11H,1,7-10,20H2,2-3H3,(H,21,25,26). The Kier molecular flexibility index (Phi) is 7.18. The van der Waals surface area contributed by atoms with Gasteiger partial charge in [-0.2, -0.15) is 0 Å². The maximum Gasteiger partial charge on any atom is 0.329 e. The first-order valence-electron chi connectivity index (χ1n) is 8.46. The summed E-state index contributed by atoms with van der Waals surface area (Å²) in [6.45, 7) is 8.75. The molecule has 0 aliphatic carbocycles. The molecular weight excluding hydrogens is 388 g/mol. The summed E-state index contributed by atoms with van der Waals surface area (Å²) in [5, 5.41) is 0. The van der Waals surface area contributed by atoms with E-state index in [2.05, 4.69) is 11.6 Å². The Morgan fingerprint density at radius 1 is 1.44 bits per heavy atom. The first-order valence-corrected chi connectivity index (χ1v) is 9.65. The van der Waals surface area contributed by atoms with Gasteiger partial charge in [0.25, 0.3) is 5.56 Å². The summed E-state index contributed by atoms with van der Waals surface area (Å²) < 4.78 is 1.90. The highest BCUT2D eigenvalue weighted by Crippen LogP contribution is 2.23. The SMILES string of the molecule is C=CCN(CC(=O)c1c(N)n(CC(C)C)c(=O)[nH]c1=O)Cc1ccc(Cl)s1. The van der Waals surface area contributed by atoms with Gasteiger partial charge in [-0.15, -0.1) is 17.9 Å². The Bertz CT molecular complexity index is 945. The van der Waals surface area contributed by atoms with Crippen LogP contribution in [-0.4, -0.2) is 33.3 Å². The van der Waals surface area contributed by atoms with Crippen molar-refractivity contribution in [1.82, 2.24) is 14.5 Å². The van der Waals surface area contributed by atoms with E-state index in [9.17, 15) is 14.4 Å². The molecule has 0 aliphatic heterocycles. The number of aromatic amines is 1. The molecule has 7 nitrogen and oxygen atoms in total. The van der Waals surface area contributed by atoms with Crippen molar-refractivity contribution in [3.05, 3.63) is 60.4 Å². The Balaban J connectivity index is 2.30. The molecule has 9 heteroatoms. The van der Waals surface area contributed by atoms with Crippen molar-refractivity contribution in [3.63, 3.8) is 0 Å². The highest BCUT2D eigenvalue weighted by Gasteiger charge is 2.22. The molecule has 146 valence electrons. The van der Waals surface area contributed by atoms with E-state index in [1.54, 1.807) is 12.1 Å². The molecular formula is C18H23ClN4O3S. The number of aromatic nitrogens is 2. The predicted molar refractivity (Wildman–Crippen MR) is 110 cm³/mol. The van der Waals surface area contributed by atoms with Crippen molar-refractivity contribution in [2.45, 2.75) is 26.9 Å². The maximum atomic E-state index is 12.8. The highest BCUT2D eigenvalue weighted by atomic mass is 35.5. The second-order valence-electron chi connectivity index (χ2n) is 6.61. The minimum Gasteiger partial charge on any atom is -0.384 e. The van der Waals surface area contributed by atoms with Crippen molar-refractivity contribution < 1.29 is 4.79 Å². The van der Waals surface area contributed by atoms with E-state index in [0.29, 0.717) is 24.0 Å². The number of Topliss-reactive ketones (excluding diaryl/α,β-unsaturated/α-hetero) is 1. The third kappa shape index (κ3) is 5.41. The number of ketones is 1. The number of nitrogens with zero attached hydrogens (tertiary/aromatic N) is 2. The van der Waals surface area contributed by atoms with Crippen LogP contribution in [0.5, 0.6) is 0 Å². The topological polar surface area (TPSA) is 101 Å². The van der Waals surface area contributed by atoms with Crippen LogP contribution in [0.1, 0.15) is 29.1 Å². The number of nitrogens with one attached hydrogen (secondary N) is 1. The molecule has 0 atom stereocenters. The summed E-state index contributed by atoms with van der Waals surface area (Å²) >= 11 is 7.38.